The van der Waals surface area contributed by atoms with Gasteiger partial charge >= 0.3 is 5.97 Å². The van der Waals surface area contributed by atoms with Crippen LogP contribution in [0, 0.1) is 6.92 Å². The first-order chi connectivity index (χ1) is 8.52. The summed E-state index contributed by atoms with van der Waals surface area (Å²) >= 11 is 0. The molecule has 1 rings (SSSR count). The minimum absolute atomic E-state index is 0.0827. The van der Waals surface area contributed by atoms with Crippen molar-refractivity contribution in [1.82, 2.24) is 5.32 Å². The molecule has 1 amide bonds. The third-order valence-corrected chi connectivity index (χ3v) is 2.72. The van der Waals surface area contributed by atoms with Crippen molar-refractivity contribution in [2.24, 2.45) is 0 Å². The van der Waals surface area contributed by atoms with E-state index in [0.717, 1.165) is 11.1 Å². The number of benzene rings is 1. The maximum atomic E-state index is 11.8. The van der Waals surface area contributed by atoms with Crippen molar-refractivity contribution in [3.63, 3.8) is 0 Å². The van der Waals surface area contributed by atoms with Crippen molar-refractivity contribution < 1.29 is 14.3 Å². The second-order valence-corrected chi connectivity index (χ2v) is 4.35. The summed E-state index contributed by atoms with van der Waals surface area (Å²) in [5.74, 6) is -0.403. The molecule has 0 saturated heterocycles. The molecular formula is C14H19NO3. The van der Waals surface area contributed by atoms with Gasteiger partial charge in [-0.1, -0.05) is 24.3 Å². The van der Waals surface area contributed by atoms with E-state index in [-0.39, 0.29) is 24.3 Å². The lowest BCUT2D eigenvalue weighted by Gasteiger charge is -2.13. The number of amides is 1. The number of esters is 1. The van der Waals surface area contributed by atoms with Gasteiger partial charge in [-0.15, -0.1) is 0 Å². The highest BCUT2D eigenvalue weighted by Gasteiger charge is 2.12. The summed E-state index contributed by atoms with van der Waals surface area (Å²) < 4.78 is 4.55. The fourth-order valence-electron chi connectivity index (χ4n) is 1.69. The van der Waals surface area contributed by atoms with Crippen molar-refractivity contribution in [2.45, 2.75) is 32.7 Å². The topological polar surface area (TPSA) is 55.4 Å². The zero-order valence-electron chi connectivity index (χ0n) is 11.0. The summed E-state index contributed by atoms with van der Waals surface area (Å²) in [5.41, 5.74) is 2.09. The standard InChI is InChI=1S/C14H19NO3/c1-10-6-4-5-7-12(10)9-13(16)15-11(2)8-14(17)18-3/h4-7,11H,8-9H2,1-3H3,(H,15,16). The van der Waals surface area contributed by atoms with E-state index in [0.29, 0.717) is 6.42 Å². The maximum absolute atomic E-state index is 11.8. The van der Waals surface area contributed by atoms with Crippen molar-refractivity contribution in [3.8, 4) is 0 Å². The lowest BCUT2D eigenvalue weighted by Crippen LogP contribution is -2.35. The molecule has 4 heteroatoms. The summed E-state index contributed by atoms with van der Waals surface area (Å²) in [6.07, 6.45) is 0.522. The van der Waals surface area contributed by atoms with Crippen LogP contribution in [0.3, 0.4) is 0 Å². The quantitative estimate of drug-likeness (QED) is 0.806. The predicted octanol–water partition coefficient (Wildman–Crippen LogP) is 1.61. The van der Waals surface area contributed by atoms with Gasteiger partial charge in [-0.25, -0.2) is 0 Å². The summed E-state index contributed by atoms with van der Waals surface area (Å²) in [6.45, 7) is 3.76. The van der Waals surface area contributed by atoms with Gasteiger partial charge in [-0.2, -0.15) is 0 Å². The van der Waals surface area contributed by atoms with Crippen molar-refractivity contribution in [3.05, 3.63) is 35.4 Å². The Morgan fingerprint density at radius 3 is 2.61 bits per heavy atom. The molecule has 0 bridgehead atoms. The summed E-state index contributed by atoms with van der Waals surface area (Å²) in [6, 6.07) is 7.54. The number of carbonyl (C=O) groups excluding carboxylic acids is 2. The van der Waals surface area contributed by atoms with Crippen molar-refractivity contribution in [1.29, 1.82) is 0 Å². The minimum atomic E-state index is -0.321. The van der Waals surface area contributed by atoms with Crippen LogP contribution in [0.1, 0.15) is 24.5 Å². The van der Waals surface area contributed by atoms with Gasteiger partial charge in [-0.05, 0) is 25.0 Å². The Kier molecular flexibility index (Phi) is 5.36. The summed E-state index contributed by atoms with van der Waals surface area (Å²) in [4.78, 5) is 22.8. The van der Waals surface area contributed by atoms with E-state index in [4.69, 9.17) is 0 Å². The molecule has 0 heterocycles. The largest absolute Gasteiger partial charge is 0.469 e. The Balaban J connectivity index is 2.47. The molecule has 0 aliphatic rings. The number of hydrogen-bond acceptors (Lipinski definition) is 3. The van der Waals surface area contributed by atoms with Crippen LogP contribution in [0.5, 0.6) is 0 Å². The van der Waals surface area contributed by atoms with Crippen LogP contribution in [-0.4, -0.2) is 25.0 Å². The average Bonchev–Trinajstić information content (AvgIpc) is 2.31. The van der Waals surface area contributed by atoms with E-state index in [1.807, 2.05) is 31.2 Å². The molecule has 0 aliphatic carbocycles. The van der Waals surface area contributed by atoms with E-state index in [2.05, 4.69) is 10.1 Å². The van der Waals surface area contributed by atoms with Crippen LogP contribution in [0.4, 0.5) is 0 Å². The maximum Gasteiger partial charge on any atom is 0.307 e. The normalized spacial score (nSPS) is 11.7. The van der Waals surface area contributed by atoms with Gasteiger partial charge in [0.1, 0.15) is 0 Å². The van der Waals surface area contributed by atoms with Crippen molar-refractivity contribution in [2.75, 3.05) is 7.11 Å². The van der Waals surface area contributed by atoms with Crippen LogP contribution < -0.4 is 5.32 Å². The zero-order valence-corrected chi connectivity index (χ0v) is 11.0. The molecule has 1 aromatic carbocycles. The van der Waals surface area contributed by atoms with Gasteiger partial charge in [0.2, 0.25) is 5.91 Å². The average molecular weight is 249 g/mol. The molecule has 1 atom stereocenters. The number of hydrogen-bond donors (Lipinski definition) is 1. The molecule has 18 heavy (non-hydrogen) atoms. The molecule has 1 aromatic rings. The molecule has 0 radical (unpaired) electrons. The minimum Gasteiger partial charge on any atom is -0.469 e. The number of carbonyl (C=O) groups is 2. The fraction of sp³-hybridized carbons (Fsp3) is 0.429. The lowest BCUT2D eigenvalue weighted by atomic mass is 10.1. The van der Waals surface area contributed by atoms with Crippen LogP contribution >= 0.6 is 0 Å². The highest BCUT2D eigenvalue weighted by atomic mass is 16.5. The second kappa shape index (κ2) is 6.79. The van der Waals surface area contributed by atoms with Crippen LogP contribution in [0.15, 0.2) is 24.3 Å². The molecule has 1 N–H and O–H groups in total. The highest BCUT2D eigenvalue weighted by Crippen LogP contribution is 2.07. The smallest absolute Gasteiger partial charge is 0.307 e. The Morgan fingerprint density at radius 1 is 1.33 bits per heavy atom. The highest BCUT2D eigenvalue weighted by molar-refractivity contribution is 5.80. The molecule has 0 saturated carbocycles. The van der Waals surface area contributed by atoms with Gasteiger partial charge in [0.15, 0.2) is 0 Å². The number of ether oxygens (including phenoxy) is 1. The lowest BCUT2D eigenvalue weighted by molar-refractivity contribution is -0.141. The van der Waals surface area contributed by atoms with E-state index < -0.39 is 0 Å². The summed E-state index contributed by atoms with van der Waals surface area (Å²) in [7, 11) is 1.34. The van der Waals surface area contributed by atoms with Gasteiger partial charge in [0.05, 0.1) is 20.0 Å². The molecule has 98 valence electrons. The first-order valence-electron chi connectivity index (χ1n) is 5.93. The van der Waals surface area contributed by atoms with E-state index in [1.165, 1.54) is 7.11 Å². The van der Waals surface area contributed by atoms with Crippen LogP contribution in [0.25, 0.3) is 0 Å². The summed E-state index contributed by atoms with van der Waals surface area (Å²) in [5, 5.41) is 2.78. The Hall–Kier alpha value is -1.84. The first kappa shape index (κ1) is 14.2. The molecule has 0 fully saturated rings. The second-order valence-electron chi connectivity index (χ2n) is 4.35. The number of rotatable bonds is 5. The Labute approximate surface area is 107 Å². The number of nitrogens with one attached hydrogen (secondary N) is 1. The van der Waals surface area contributed by atoms with E-state index in [1.54, 1.807) is 6.92 Å². The van der Waals surface area contributed by atoms with Crippen LogP contribution in [-0.2, 0) is 20.7 Å². The molecule has 0 aromatic heterocycles. The van der Waals surface area contributed by atoms with E-state index >= 15 is 0 Å². The Morgan fingerprint density at radius 2 is 2.00 bits per heavy atom. The number of aryl methyl sites for hydroxylation is 1. The van der Waals surface area contributed by atoms with Gasteiger partial charge in [-0.3, -0.25) is 9.59 Å². The third kappa shape index (κ3) is 4.57. The molecular weight excluding hydrogens is 230 g/mol. The predicted molar refractivity (Wildman–Crippen MR) is 69.1 cm³/mol. The van der Waals surface area contributed by atoms with E-state index in [9.17, 15) is 9.59 Å². The first-order valence-corrected chi connectivity index (χ1v) is 5.93. The monoisotopic (exact) mass is 249 g/mol. The van der Waals surface area contributed by atoms with Gasteiger partial charge in [0, 0.05) is 6.04 Å². The zero-order chi connectivity index (χ0) is 13.5. The SMILES string of the molecule is COC(=O)CC(C)NC(=O)Cc1ccccc1C. The van der Waals surface area contributed by atoms with Crippen molar-refractivity contribution >= 4 is 11.9 Å². The number of methoxy groups -OCH3 is 1. The molecule has 0 spiro atoms. The molecule has 4 nitrogen and oxygen atoms in total. The molecule has 1 unspecified atom stereocenters. The third-order valence-electron chi connectivity index (χ3n) is 2.72. The van der Waals surface area contributed by atoms with Crippen LogP contribution in [0.2, 0.25) is 0 Å². The fourth-order valence-corrected chi connectivity index (χ4v) is 1.69. The van der Waals surface area contributed by atoms with Gasteiger partial charge < -0.3 is 10.1 Å². The Bertz CT molecular complexity index is 429. The van der Waals surface area contributed by atoms with Gasteiger partial charge in [0.25, 0.3) is 0 Å². The molecule has 0 aliphatic heterocycles.